The van der Waals surface area contributed by atoms with Crippen LogP contribution < -0.4 is 0 Å². The number of hydrogen-bond acceptors (Lipinski definition) is 2. The maximum absolute atomic E-state index is 8.09. The molecule has 0 saturated carbocycles. The van der Waals surface area contributed by atoms with Crippen molar-refractivity contribution in [2.45, 2.75) is 0 Å². The van der Waals surface area contributed by atoms with E-state index in [9.17, 15) is 0 Å². The summed E-state index contributed by atoms with van der Waals surface area (Å²) in [4.78, 5) is 0. The van der Waals surface area contributed by atoms with E-state index in [-0.39, 0.29) is 0 Å². The van der Waals surface area contributed by atoms with E-state index in [0.717, 1.165) is 5.35 Å². The van der Waals surface area contributed by atoms with Crippen molar-refractivity contribution in [3.63, 3.8) is 0 Å². The fourth-order valence-electron chi connectivity index (χ4n) is 0.606. The summed E-state index contributed by atoms with van der Waals surface area (Å²) >= 11 is 0. The monoisotopic (exact) mass is 111 g/mol. The van der Waals surface area contributed by atoms with Gasteiger partial charge in [0, 0.05) is 0 Å². The van der Waals surface area contributed by atoms with Crippen molar-refractivity contribution in [3.05, 3.63) is 5.35 Å². The van der Waals surface area contributed by atoms with E-state index in [1.807, 2.05) is 33.6 Å². The molecule has 36 valence electrons. The molecule has 2 nitrogen and oxygen atoms in total. The molecule has 7 heteroatoms. The number of hydrogen-bond donors (Lipinski definition) is 1. The molecule has 0 aliphatic heterocycles. The molecule has 1 aromatic rings. The van der Waals surface area contributed by atoms with Crippen molar-refractivity contribution in [2.75, 3.05) is 0 Å². The maximum atomic E-state index is 8.09. The number of rotatable bonds is 1. The molecule has 1 aromatic heterocycles. The van der Waals surface area contributed by atoms with E-state index < -0.39 is 0 Å². The minimum absolute atomic E-state index is 0.903. The van der Waals surface area contributed by atoms with Gasteiger partial charge in [0.25, 0.3) is 0 Å². The van der Waals surface area contributed by atoms with Crippen LogP contribution >= 0.6 is 0 Å². The summed E-state index contributed by atoms with van der Waals surface area (Å²) < 4.78 is 0. The summed E-state index contributed by atoms with van der Waals surface area (Å²) in [6.07, 6.45) is 1.39. The molecule has 1 heterocycles. The van der Waals surface area contributed by atoms with Gasteiger partial charge in [-0.1, -0.05) is 0 Å². The Morgan fingerprint density at radius 1 is 1.22 bits per heavy atom. The standard InChI is InChI=1S/C2H2B5NO/c9-8-1-2-3-5-7-6-4-2/h1,9H/b8-1+. The zero-order valence-corrected chi connectivity index (χ0v) is 4.86. The zero-order valence-electron chi connectivity index (χ0n) is 4.86. The van der Waals surface area contributed by atoms with Crippen molar-refractivity contribution in [3.8, 4) is 0 Å². The molecule has 0 aliphatic carbocycles. The molecule has 0 bridgehead atoms. The molecule has 0 unspecified atom stereocenters. The molecule has 0 radical (unpaired) electrons. The van der Waals surface area contributed by atoms with Gasteiger partial charge in [0.15, 0.2) is 0 Å². The van der Waals surface area contributed by atoms with E-state index in [1.54, 1.807) is 0 Å². The van der Waals surface area contributed by atoms with E-state index >= 15 is 0 Å². The van der Waals surface area contributed by atoms with Crippen LogP contribution in [0.1, 0.15) is 5.35 Å². The number of nitrogens with zero attached hydrogens (tertiary/aromatic N) is 1. The second-order valence-electron chi connectivity index (χ2n) is 1.66. The van der Waals surface area contributed by atoms with Gasteiger partial charge < -0.3 is 0 Å². The molecule has 9 heavy (non-hydrogen) atoms. The Morgan fingerprint density at radius 2 is 1.89 bits per heavy atom. The first-order valence-corrected chi connectivity index (χ1v) is 2.66. The van der Waals surface area contributed by atoms with E-state index in [4.69, 9.17) is 5.21 Å². The Hall–Kier alpha value is -0.335. The van der Waals surface area contributed by atoms with Gasteiger partial charge in [-0.05, 0) is 0 Å². The molecule has 0 atom stereocenters. The Labute approximate surface area is 56.4 Å². The number of oxime groups is 1. The molecule has 0 saturated heterocycles. The zero-order chi connectivity index (χ0) is 6.53. The van der Waals surface area contributed by atoms with Crippen molar-refractivity contribution in [2.24, 2.45) is 5.16 Å². The van der Waals surface area contributed by atoms with Gasteiger partial charge in [-0.3, -0.25) is 0 Å². The predicted molar refractivity (Wildman–Crippen MR) is 42.6 cm³/mol. The van der Waals surface area contributed by atoms with Gasteiger partial charge in [0.05, 0.1) is 0 Å². The minimum atomic E-state index is 0.903. The Balaban J connectivity index is 2.85. The van der Waals surface area contributed by atoms with Crippen LogP contribution in [0.15, 0.2) is 5.16 Å². The van der Waals surface area contributed by atoms with Gasteiger partial charge in [-0.25, -0.2) is 0 Å². The molecule has 0 aromatic carbocycles. The topological polar surface area (TPSA) is 32.6 Å². The van der Waals surface area contributed by atoms with Crippen LogP contribution in [0.3, 0.4) is 0 Å². The van der Waals surface area contributed by atoms with Crippen LogP contribution in [0.2, 0.25) is 0 Å². The quantitative estimate of drug-likeness (QED) is 0.258. The first kappa shape index (κ1) is 6.78. The van der Waals surface area contributed by atoms with Gasteiger partial charge in [-0.15, -0.1) is 0 Å². The van der Waals surface area contributed by atoms with Crippen molar-refractivity contribution in [1.29, 1.82) is 0 Å². The third kappa shape index (κ3) is 2.16. The average molecular weight is 110 g/mol. The van der Waals surface area contributed by atoms with Crippen molar-refractivity contribution >= 4 is 39.9 Å². The third-order valence-corrected chi connectivity index (χ3v) is 1.01. The second kappa shape index (κ2) is 3.64. The van der Waals surface area contributed by atoms with E-state index in [0.29, 0.717) is 0 Å². The molecule has 0 aliphatic rings. The molecule has 0 spiro atoms. The average Bonchev–Trinajstić information content (AvgIpc) is 1.91. The van der Waals surface area contributed by atoms with Gasteiger partial charge in [-0.2, -0.15) is 0 Å². The van der Waals surface area contributed by atoms with Crippen LogP contribution in [0.5, 0.6) is 0 Å². The van der Waals surface area contributed by atoms with Gasteiger partial charge >= 0.3 is 55.6 Å². The second-order valence-corrected chi connectivity index (χ2v) is 1.66. The van der Waals surface area contributed by atoms with E-state index in [1.165, 1.54) is 6.21 Å². The van der Waals surface area contributed by atoms with E-state index in [2.05, 4.69) is 5.16 Å². The van der Waals surface area contributed by atoms with Crippen LogP contribution in [-0.4, -0.2) is 45.1 Å². The summed E-state index contributed by atoms with van der Waals surface area (Å²) in [5, 5.41) is 11.9. The first-order valence-electron chi connectivity index (χ1n) is 2.66. The van der Waals surface area contributed by atoms with Gasteiger partial charge in [0.2, 0.25) is 0 Å². The summed E-state index contributed by atoms with van der Waals surface area (Å²) in [5.41, 5.74) is 0. The Bertz CT molecular complexity index is 199. The van der Waals surface area contributed by atoms with Crippen LogP contribution in [0, 0.1) is 0 Å². The first-order chi connectivity index (χ1) is 4.43. The molecular formula is C2H2B5NO. The van der Waals surface area contributed by atoms with Crippen molar-refractivity contribution in [1.82, 2.24) is 0 Å². The molecule has 1 rings (SSSR count). The normalized spacial score (nSPS) is 8.00. The van der Waals surface area contributed by atoms with Crippen LogP contribution in [0.4, 0.5) is 0 Å². The molecule has 0 fully saturated rings. The fourth-order valence-corrected chi connectivity index (χ4v) is 0.606. The molecule has 0 amide bonds. The summed E-state index contributed by atoms with van der Waals surface area (Å²) in [6.45, 7) is 9.40. The fraction of sp³-hybridized carbons (Fsp3) is 0. The molecule has 1 N–H and O–H groups in total. The van der Waals surface area contributed by atoms with Gasteiger partial charge in [0.1, 0.15) is 0 Å². The predicted octanol–water partition coefficient (Wildman–Crippen LogP) is -1.81. The Kier molecular flexibility index (Phi) is 2.75. The van der Waals surface area contributed by atoms with Crippen LogP contribution in [0.25, 0.3) is 0 Å². The summed E-state index contributed by atoms with van der Waals surface area (Å²) in [6, 6.07) is 0. The summed E-state index contributed by atoms with van der Waals surface area (Å²) in [5.74, 6) is 0. The third-order valence-electron chi connectivity index (χ3n) is 1.01. The Morgan fingerprint density at radius 3 is 2.44 bits per heavy atom. The van der Waals surface area contributed by atoms with Crippen molar-refractivity contribution < 1.29 is 5.21 Å². The SMILES string of the molecule is O/N=C/c1bbbbb1. The summed E-state index contributed by atoms with van der Waals surface area (Å²) in [7, 11) is 0. The van der Waals surface area contributed by atoms with Crippen LogP contribution in [-0.2, 0) is 0 Å². The molecular weight excluding hydrogens is 108 g/mol.